The highest BCUT2D eigenvalue weighted by Gasteiger charge is 2.54. The van der Waals surface area contributed by atoms with Crippen LogP contribution in [-0.2, 0) is 14.4 Å². The summed E-state index contributed by atoms with van der Waals surface area (Å²) in [5.41, 5.74) is 0.802. The molecular weight excluding hydrogens is 454 g/mol. The molecule has 0 saturated carbocycles. The minimum Gasteiger partial charge on any atom is -0.618 e. The minimum absolute atomic E-state index is 0.117. The van der Waals surface area contributed by atoms with Crippen molar-refractivity contribution in [1.29, 1.82) is 0 Å². The number of aromatic nitrogens is 1. The zero-order valence-corrected chi connectivity index (χ0v) is 18.2. The Balaban J connectivity index is 1.47. The summed E-state index contributed by atoms with van der Waals surface area (Å²) in [6.07, 6.45) is -0.0749. The molecule has 0 spiro atoms. The number of pyridine rings is 1. The molecule has 0 bridgehead atoms. The molecule has 2 aliphatic rings. The van der Waals surface area contributed by atoms with Gasteiger partial charge in [0, 0.05) is 23.6 Å². The average molecular weight is 474 g/mol. The van der Waals surface area contributed by atoms with Crippen LogP contribution in [0.25, 0.3) is 0 Å². The number of β-lactam (4-membered cyclic amide) rings is 1. The Labute approximate surface area is 191 Å². The standard InChI is InChI=1S/C21H19N3O6S2/c25-17(12-6-2-1-3-7-12)18(26)22-15-19(27)24-16(21(28)29)13(11-32-20(15)24)10-31-14-8-4-5-9-23(14)30/h1-9,15,17,20,25H,10-11H2,(H,22,26)(H,28,29)/t15-,17?,20-/m1/s1. The molecule has 2 aliphatic heterocycles. The number of carboxylic acids is 1. The summed E-state index contributed by atoms with van der Waals surface area (Å²) in [5.74, 6) is -1.93. The fraction of sp³-hybridized carbons (Fsp3) is 0.238. The van der Waals surface area contributed by atoms with Crippen LogP contribution in [0, 0.1) is 5.21 Å². The van der Waals surface area contributed by atoms with Crippen LogP contribution in [0.3, 0.4) is 0 Å². The molecule has 166 valence electrons. The normalized spacial score (nSPS) is 20.9. The number of fused-ring (bicyclic) bond motifs is 1. The van der Waals surface area contributed by atoms with Gasteiger partial charge in [-0.3, -0.25) is 14.5 Å². The largest absolute Gasteiger partial charge is 0.618 e. The van der Waals surface area contributed by atoms with E-state index in [1.807, 2.05) is 0 Å². The lowest BCUT2D eigenvalue weighted by Gasteiger charge is -2.49. The van der Waals surface area contributed by atoms with Crippen LogP contribution < -0.4 is 10.0 Å². The van der Waals surface area contributed by atoms with Gasteiger partial charge in [0.2, 0.25) is 0 Å². The van der Waals surface area contributed by atoms with Gasteiger partial charge in [0.25, 0.3) is 16.8 Å². The number of amides is 2. The number of aliphatic hydroxyl groups excluding tert-OH is 1. The van der Waals surface area contributed by atoms with Crippen LogP contribution in [0.15, 0.2) is 71.0 Å². The summed E-state index contributed by atoms with van der Waals surface area (Å²) in [6.45, 7) is 0. The third kappa shape index (κ3) is 4.18. The van der Waals surface area contributed by atoms with Crippen molar-refractivity contribution < 1.29 is 29.3 Å². The third-order valence-corrected chi connectivity index (χ3v) is 7.54. The number of carbonyl (C=O) groups excluding carboxylic acids is 2. The highest BCUT2D eigenvalue weighted by molar-refractivity contribution is 8.01. The second kappa shape index (κ2) is 9.23. The number of aliphatic carboxylic acids is 1. The number of aliphatic hydroxyl groups is 1. The van der Waals surface area contributed by atoms with Crippen LogP contribution in [0.2, 0.25) is 0 Å². The average Bonchev–Trinajstić information content (AvgIpc) is 2.81. The number of hydrogen-bond donors (Lipinski definition) is 3. The first-order valence-electron chi connectivity index (χ1n) is 9.63. The summed E-state index contributed by atoms with van der Waals surface area (Å²) in [6, 6.07) is 12.3. The van der Waals surface area contributed by atoms with Gasteiger partial charge in [-0.2, -0.15) is 4.73 Å². The number of nitrogens with zero attached hydrogens (tertiary/aromatic N) is 2. The lowest BCUT2D eigenvalue weighted by Crippen LogP contribution is -2.70. The second-order valence-corrected chi connectivity index (χ2v) is 9.22. The molecule has 1 saturated heterocycles. The van der Waals surface area contributed by atoms with Gasteiger partial charge >= 0.3 is 5.97 Å². The van der Waals surface area contributed by atoms with Gasteiger partial charge in [-0.25, -0.2) is 4.79 Å². The predicted molar refractivity (Wildman–Crippen MR) is 117 cm³/mol. The van der Waals surface area contributed by atoms with Crippen molar-refractivity contribution in [3.63, 3.8) is 0 Å². The molecule has 11 heteroatoms. The molecular formula is C21H19N3O6S2. The molecule has 3 heterocycles. The summed E-state index contributed by atoms with van der Waals surface area (Å²) in [5, 5.41) is 34.2. The third-order valence-electron chi connectivity index (χ3n) is 5.09. The van der Waals surface area contributed by atoms with Gasteiger partial charge in [-0.1, -0.05) is 42.1 Å². The molecule has 0 aliphatic carbocycles. The Hall–Kier alpha value is -3.02. The Bertz CT molecular complexity index is 1090. The zero-order valence-electron chi connectivity index (χ0n) is 16.6. The van der Waals surface area contributed by atoms with Crippen molar-refractivity contribution in [1.82, 2.24) is 10.2 Å². The Kier molecular flexibility index (Phi) is 6.40. The second-order valence-electron chi connectivity index (χ2n) is 7.12. The minimum atomic E-state index is -1.43. The van der Waals surface area contributed by atoms with Gasteiger partial charge < -0.3 is 20.7 Å². The van der Waals surface area contributed by atoms with Gasteiger partial charge in [0.1, 0.15) is 17.1 Å². The molecule has 2 amide bonds. The molecule has 1 fully saturated rings. The number of carboxylic acid groups (broad SMARTS) is 1. The smallest absolute Gasteiger partial charge is 0.352 e. The number of rotatable bonds is 7. The van der Waals surface area contributed by atoms with Gasteiger partial charge in [0.15, 0.2) is 12.3 Å². The Morgan fingerprint density at radius 1 is 1.25 bits per heavy atom. The fourth-order valence-corrected chi connectivity index (χ4v) is 5.90. The van der Waals surface area contributed by atoms with E-state index in [0.717, 1.165) is 0 Å². The number of carbonyl (C=O) groups is 3. The zero-order chi connectivity index (χ0) is 22.8. The van der Waals surface area contributed by atoms with Crippen LogP contribution in [0.1, 0.15) is 11.7 Å². The first-order valence-corrected chi connectivity index (χ1v) is 11.7. The number of nitrogens with one attached hydrogen (secondary N) is 1. The molecule has 4 rings (SSSR count). The van der Waals surface area contributed by atoms with E-state index in [-0.39, 0.29) is 11.4 Å². The van der Waals surface area contributed by atoms with Crippen molar-refractivity contribution in [3.8, 4) is 0 Å². The Morgan fingerprint density at radius 2 is 1.97 bits per heavy atom. The van der Waals surface area contributed by atoms with Crippen molar-refractivity contribution in [2.45, 2.75) is 22.5 Å². The summed E-state index contributed by atoms with van der Waals surface area (Å²) in [7, 11) is 0. The van der Waals surface area contributed by atoms with Crippen LogP contribution in [0.4, 0.5) is 0 Å². The van der Waals surface area contributed by atoms with Gasteiger partial charge in [-0.15, -0.1) is 11.8 Å². The van der Waals surface area contributed by atoms with Gasteiger partial charge in [-0.05, 0) is 17.2 Å². The fourth-order valence-electron chi connectivity index (χ4n) is 3.50. The van der Waals surface area contributed by atoms with E-state index in [0.29, 0.717) is 26.6 Å². The predicted octanol–water partition coefficient (Wildman–Crippen LogP) is 0.884. The highest BCUT2D eigenvalue weighted by Crippen LogP contribution is 2.41. The Morgan fingerprint density at radius 3 is 2.66 bits per heavy atom. The van der Waals surface area contributed by atoms with Gasteiger partial charge in [0.05, 0.1) is 0 Å². The van der Waals surface area contributed by atoms with E-state index in [4.69, 9.17) is 0 Å². The van der Waals surface area contributed by atoms with E-state index >= 15 is 0 Å². The maximum atomic E-state index is 12.7. The number of thioether (sulfide) groups is 2. The SMILES string of the molecule is O=C(O)C1=C(CSc2cccc[n+]2[O-])CS[C@@H]2[C@H](NC(=O)C(O)c3ccccc3)C(=O)N12. The highest BCUT2D eigenvalue weighted by atomic mass is 32.2. The molecule has 9 nitrogen and oxygen atoms in total. The maximum Gasteiger partial charge on any atom is 0.352 e. The number of hydrogen-bond acceptors (Lipinski definition) is 7. The molecule has 0 radical (unpaired) electrons. The molecule has 2 aromatic rings. The van der Waals surface area contributed by atoms with Crippen molar-refractivity contribution in [3.05, 3.63) is 76.8 Å². The molecule has 32 heavy (non-hydrogen) atoms. The van der Waals surface area contributed by atoms with Crippen molar-refractivity contribution >= 4 is 41.3 Å². The van der Waals surface area contributed by atoms with E-state index < -0.39 is 35.3 Å². The molecule has 1 unspecified atom stereocenters. The lowest BCUT2D eigenvalue weighted by atomic mass is 10.0. The van der Waals surface area contributed by atoms with Crippen LogP contribution in [-0.4, -0.2) is 55.8 Å². The lowest BCUT2D eigenvalue weighted by molar-refractivity contribution is -0.645. The van der Waals surface area contributed by atoms with E-state index in [1.54, 1.807) is 48.5 Å². The van der Waals surface area contributed by atoms with Crippen molar-refractivity contribution in [2.24, 2.45) is 0 Å². The van der Waals surface area contributed by atoms with Crippen LogP contribution >= 0.6 is 23.5 Å². The quantitative estimate of drug-likeness (QED) is 0.234. The van der Waals surface area contributed by atoms with E-state index in [1.165, 1.54) is 34.6 Å². The summed E-state index contributed by atoms with van der Waals surface area (Å²) < 4.78 is 0.697. The summed E-state index contributed by atoms with van der Waals surface area (Å²) >= 11 is 2.52. The number of benzene rings is 1. The van der Waals surface area contributed by atoms with E-state index in [9.17, 15) is 29.8 Å². The molecule has 1 aromatic heterocycles. The topological polar surface area (TPSA) is 134 Å². The first-order chi connectivity index (χ1) is 15.4. The monoisotopic (exact) mass is 473 g/mol. The molecule has 1 aromatic carbocycles. The maximum absolute atomic E-state index is 12.7. The van der Waals surface area contributed by atoms with Crippen molar-refractivity contribution in [2.75, 3.05) is 11.5 Å². The van der Waals surface area contributed by atoms with Crippen LogP contribution in [0.5, 0.6) is 0 Å². The molecule has 3 N–H and O–H groups in total. The first kappa shape index (κ1) is 22.2. The molecule has 3 atom stereocenters. The van der Waals surface area contributed by atoms with E-state index in [2.05, 4.69) is 5.32 Å². The summed E-state index contributed by atoms with van der Waals surface area (Å²) in [4.78, 5) is 38.3.